The van der Waals surface area contributed by atoms with E-state index < -0.39 is 0 Å². The van der Waals surface area contributed by atoms with Gasteiger partial charge >= 0.3 is 5.69 Å². The van der Waals surface area contributed by atoms with Crippen LogP contribution in [0.1, 0.15) is 5.69 Å². The largest absolute Gasteiger partial charge is 0.371 e. The molecule has 5 nitrogen and oxygen atoms in total. The number of aromatic nitrogens is 2. The van der Waals surface area contributed by atoms with Gasteiger partial charge in [-0.1, -0.05) is 0 Å². The van der Waals surface area contributed by atoms with Crippen LogP contribution >= 0.6 is 0 Å². The van der Waals surface area contributed by atoms with E-state index in [-0.39, 0.29) is 5.69 Å². The molecule has 5 heteroatoms. The molecule has 0 aliphatic rings. The normalized spacial score (nSPS) is 9.50. The summed E-state index contributed by atoms with van der Waals surface area (Å²) < 4.78 is 0. The minimum Gasteiger partial charge on any atom is -0.371 e. The summed E-state index contributed by atoms with van der Waals surface area (Å²) >= 11 is 0. The smallest absolute Gasteiger partial charge is 0.347 e. The van der Waals surface area contributed by atoms with E-state index in [1.54, 1.807) is 14.0 Å². The van der Waals surface area contributed by atoms with Gasteiger partial charge < -0.3 is 10.3 Å². The van der Waals surface area contributed by atoms with E-state index in [0.717, 1.165) is 0 Å². The number of H-pyrrole nitrogens is 1. The van der Waals surface area contributed by atoms with Gasteiger partial charge in [-0.15, -0.1) is 0 Å². The summed E-state index contributed by atoms with van der Waals surface area (Å²) in [5.74, 6) is 0.450. The lowest BCUT2D eigenvalue weighted by atomic mass is 10.3. The third kappa shape index (κ3) is 1.34. The lowest BCUT2D eigenvalue weighted by molar-refractivity contribution is 1.02. The van der Waals surface area contributed by atoms with Crippen LogP contribution in [0.25, 0.3) is 0 Å². The molecule has 0 unspecified atom stereocenters. The average Bonchev–Trinajstić information content (AvgIpc) is 2.03. The van der Waals surface area contributed by atoms with Gasteiger partial charge in [0.15, 0.2) is 5.82 Å². The van der Waals surface area contributed by atoms with E-state index in [9.17, 15) is 4.79 Å². The Labute approximate surface area is 69.6 Å². The minimum atomic E-state index is -0.385. The zero-order valence-corrected chi connectivity index (χ0v) is 7.01. The number of aromatic amines is 1. The van der Waals surface area contributed by atoms with Crippen LogP contribution in [0.5, 0.6) is 0 Å². The number of rotatable bonds is 2. The van der Waals surface area contributed by atoms with Gasteiger partial charge in [0.1, 0.15) is 5.69 Å². The van der Waals surface area contributed by atoms with Crippen LogP contribution in [0.2, 0.25) is 0 Å². The summed E-state index contributed by atoms with van der Waals surface area (Å²) in [6.45, 7) is 5.12. The summed E-state index contributed by atoms with van der Waals surface area (Å²) in [5.41, 5.74) is 0.857. The van der Waals surface area contributed by atoms with Gasteiger partial charge in [0.25, 0.3) is 0 Å². The first-order chi connectivity index (χ1) is 5.69. The van der Waals surface area contributed by atoms with Crippen LogP contribution in [0, 0.1) is 6.92 Å². The predicted octanol–water partition coefficient (Wildman–Crippen LogP) is 0.452. The van der Waals surface area contributed by atoms with Crippen molar-refractivity contribution in [3.63, 3.8) is 0 Å². The van der Waals surface area contributed by atoms with Gasteiger partial charge in [-0.2, -0.15) is 4.98 Å². The van der Waals surface area contributed by atoms with Gasteiger partial charge in [0.05, 0.1) is 0 Å². The highest BCUT2D eigenvalue weighted by molar-refractivity contribution is 5.64. The molecule has 2 N–H and O–H groups in total. The molecule has 0 saturated heterocycles. The zero-order chi connectivity index (χ0) is 9.14. The Bertz CT molecular complexity index is 355. The molecule has 0 atom stereocenters. The highest BCUT2D eigenvalue weighted by Crippen LogP contribution is 2.21. The van der Waals surface area contributed by atoms with Crippen molar-refractivity contribution in [1.29, 1.82) is 0 Å². The maximum atomic E-state index is 10.9. The summed E-state index contributed by atoms with van der Waals surface area (Å²) in [6, 6.07) is 0. The van der Waals surface area contributed by atoms with Crippen molar-refractivity contribution in [3.8, 4) is 0 Å². The highest BCUT2D eigenvalue weighted by atomic mass is 16.1. The number of aliphatic imine (C=N–C) groups is 1. The molecule has 0 aromatic carbocycles. The molecular weight excluding hydrogens is 156 g/mol. The van der Waals surface area contributed by atoms with Crippen LogP contribution in [-0.4, -0.2) is 23.7 Å². The van der Waals surface area contributed by atoms with E-state index in [0.29, 0.717) is 17.2 Å². The Hall–Kier alpha value is -1.65. The van der Waals surface area contributed by atoms with Crippen LogP contribution in [0.3, 0.4) is 0 Å². The Kier molecular flexibility index (Phi) is 2.23. The van der Waals surface area contributed by atoms with Crippen molar-refractivity contribution < 1.29 is 0 Å². The molecule has 0 aliphatic carbocycles. The molecule has 1 aromatic rings. The first-order valence-corrected chi connectivity index (χ1v) is 3.44. The molecule has 0 spiro atoms. The minimum absolute atomic E-state index is 0.385. The number of hydrogen-bond donors (Lipinski definition) is 2. The fraction of sp³-hybridized carbons (Fsp3) is 0.286. The van der Waals surface area contributed by atoms with Crippen molar-refractivity contribution in [2.24, 2.45) is 4.99 Å². The second kappa shape index (κ2) is 3.17. The molecule has 0 amide bonds. The molecule has 64 valence electrons. The summed E-state index contributed by atoms with van der Waals surface area (Å²) in [6.07, 6.45) is 0. The highest BCUT2D eigenvalue weighted by Gasteiger charge is 2.04. The molecular formula is C7H10N4O. The summed E-state index contributed by atoms with van der Waals surface area (Å²) in [7, 11) is 1.68. The van der Waals surface area contributed by atoms with E-state index in [1.165, 1.54) is 0 Å². The third-order valence-electron chi connectivity index (χ3n) is 1.48. The Balaban J connectivity index is 3.43. The van der Waals surface area contributed by atoms with Gasteiger partial charge in [0, 0.05) is 12.7 Å². The maximum Gasteiger partial charge on any atom is 0.347 e. The van der Waals surface area contributed by atoms with Crippen molar-refractivity contribution in [1.82, 2.24) is 9.97 Å². The fourth-order valence-corrected chi connectivity index (χ4v) is 0.947. The quantitative estimate of drug-likeness (QED) is 0.627. The van der Waals surface area contributed by atoms with Crippen LogP contribution < -0.4 is 11.0 Å². The van der Waals surface area contributed by atoms with Crippen LogP contribution in [0.4, 0.5) is 11.5 Å². The fourth-order valence-electron chi connectivity index (χ4n) is 0.947. The first kappa shape index (κ1) is 8.45. The Morgan fingerprint density at radius 3 is 2.83 bits per heavy atom. The molecule has 0 saturated carbocycles. The standard InChI is InChI=1S/C7H10N4O/c1-4-5(8-2)6(9-3)11-7(12)10-4/h2H2,1,3H3,(H2,9,10,11,12). The molecule has 1 heterocycles. The zero-order valence-electron chi connectivity index (χ0n) is 7.01. The monoisotopic (exact) mass is 166 g/mol. The van der Waals surface area contributed by atoms with Crippen molar-refractivity contribution in [2.75, 3.05) is 12.4 Å². The number of hydrogen-bond acceptors (Lipinski definition) is 4. The topological polar surface area (TPSA) is 70.1 Å². The second-order valence-electron chi connectivity index (χ2n) is 2.27. The average molecular weight is 166 g/mol. The molecule has 0 aliphatic heterocycles. The first-order valence-electron chi connectivity index (χ1n) is 3.44. The van der Waals surface area contributed by atoms with E-state index in [4.69, 9.17) is 0 Å². The third-order valence-corrected chi connectivity index (χ3v) is 1.48. The van der Waals surface area contributed by atoms with Crippen LogP contribution in [-0.2, 0) is 0 Å². The van der Waals surface area contributed by atoms with Crippen molar-refractivity contribution in [2.45, 2.75) is 6.92 Å². The summed E-state index contributed by atoms with van der Waals surface area (Å²) in [5, 5.41) is 2.76. The molecule has 0 fully saturated rings. The van der Waals surface area contributed by atoms with E-state index >= 15 is 0 Å². The maximum absolute atomic E-state index is 10.9. The molecule has 0 radical (unpaired) electrons. The Morgan fingerprint density at radius 1 is 1.67 bits per heavy atom. The number of nitrogens with one attached hydrogen (secondary N) is 2. The van der Waals surface area contributed by atoms with Crippen LogP contribution in [0.15, 0.2) is 9.79 Å². The molecule has 0 bridgehead atoms. The second-order valence-corrected chi connectivity index (χ2v) is 2.27. The summed E-state index contributed by atoms with van der Waals surface area (Å²) in [4.78, 5) is 20.8. The number of anilines is 1. The van der Waals surface area contributed by atoms with Crippen molar-refractivity contribution in [3.05, 3.63) is 16.2 Å². The van der Waals surface area contributed by atoms with Gasteiger partial charge in [0.2, 0.25) is 0 Å². The molecule has 12 heavy (non-hydrogen) atoms. The van der Waals surface area contributed by atoms with Gasteiger partial charge in [-0.3, -0.25) is 4.99 Å². The van der Waals surface area contributed by atoms with Gasteiger partial charge in [-0.25, -0.2) is 4.79 Å². The molecule has 1 rings (SSSR count). The number of nitrogens with zero attached hydrogens (tertiary/aromatic N) is 2. The van der Waals surface area contributed by atoms with Gasteiger partial charge in [-0.05, 0) is 13.6 Å². The predicted molar refractivity (Wildman–Crippen MR) is 48.4 cm³/mol. The lowest BCUT2D eigenvalue weighted by Gasteiger charge is -2.04. The molecule has 1 aromatic heterocycles. The SMILES string of the molecule is C=Nc1c(NC)nc(=O)[nH]c1C. The van der Waals surface area contributed by atoms with E-state index in [2.05, 4.69) is 27.0 Å². The number of aryl methyl sites for hydroxylation is 1. The lowest BCUT2D eigenvalue weighted by Crippen LogP contribution is -2.13. The van der Waals surface area contributed by atoms with E-state index in [1.807, 2.05) is 0 Å². The van der Waals surface area contributed by atoms with Crippen molar-refractivity contribution >= 4 is 18.2 Å². The Morgan fingerprint density at radius 2 is 2.33 bits per heavy atom.